The average molecular weight is 382 g/mol. The highest BCUT2D eigenvalue weighted by Crippen LogP contribution is 2.35. The predicted molar refractivity (Wildman–Crippen MR) is 107 cm³/mol. The number of phenols is 1. The molecule has 2 aromatic heterocycles. The van der Waals surface area contributed by atoms with E-state index in [0.29, 0.717) is 26.3 Å². The molecule has 0 saturated carbocycles. The van der Waals surface area contributed by atoms with Gasteiger partial charge in [-0.05, 0) is 48.7 Å². The second kappa shape index (κ2) is 6.26. The maximum Gasteiger partial charge on any atom is 0.263 e. The highest BCUT2D eigenvalue weighted by Gasteiger charge is 2.23. The lowest BCUT2D eigenvalue weighted by Gasteiger charge is -2.08. The van der Waals surface area contributed by atoms with Crippen LogP contribution in [0.15, 0.2) is 39.9 Å². The average Bonchev–Trinajstić information content (AvgIpc) is 3.14. The summed E-state index contributed by atoms with van der Waals surface area (Å²) < 4.78 is 6.43. The molecular formula is C19H14N2O3S2. The van der Waals surface area contributed by atoms with E-state index in [4.69, 9.17) is 16.6 Å². The molecule has 0 unspecified atom stereocenters. The molecule has 0 radical (unpaired) electrons. The van der Waals surface area contributed by atoms with Gasteiger partial charge >= 0.3 is 0 Å². The number of nitrogens with zero attached hydrogens (tertiary/aromatic N) is 1. The van der Waals surface area contributed by atoms with Crippen LogP contribution in [0.1, 0.15) is 16.9 Å². The molecule has 3 aromatic rings. The number of pyridine rings is 1. The van der Waals surface area contributed by atoms with Gasteiger partial charge in [-0.25, -0.2) is 0 Å². The lowest BCUT2D eigenvalue weighted by molar-refractivity contribution is -0.115. The number of hydrogen-bond donors (Lipinski definition) is 2. The van der Waals surface area contributed by atoms with Crippen molar-refractivity contribution in [3.8, 4) is 16.9 Å². The number of furan rings is 1. The predicted octanol–water partition coefficient (Wildman–Crippen LogP) is 4.31. The first-order valence-electron chi connectivity index (χ1n) is 7.85. The fourth-order valence-corrected chi connectivity index (χ4v) is 3.94. The Bertz CT molecular complexity index is 1090. The molecule has 0 bridgehead atoms. The number of rotatable bonds is 2. The number of nitrogens with one attached hydrogen (secondary N) is 1. The second-order valence-electron chi connectivity index (χ2n) is 6.07. The number of aromatic hydroxyl groups is 1. The van der Waals surface area contributed by atoms with Gasteiger partial charge in [-0.15, -0.1) is 0 Å². The third kappa shape index (κ3) is 2.89. The number of thioether (sulfide) groups is 1. The minimum Gasteiger partial charge on any atom is -0.507 e. The first-order valence-corrected chi connectivity index (χ1v) is 9.08. The minimum atomic E-state index is -0.219. The molecule has 0 atom stereocenters. The molecule has 1 aromatic carbocycles. The van der Waals surface area contributed by atoms with Crippen molar-refractivity contribution in [1.82, 2.24) is 10.3 Å². The molecule has 7 heteroatoms. The van der Waals surface area contributed by atoms with Crippen molar-refractivity contribution in [2.24, 2.45) is 0 Å². The zero-order chi connectivity index (χ0) is 18.4. The van der Waals surface area contributed by atoms with Gasteiger partial charge in [0.05, 0.1) is 4.91 Å². The first-order chi connectivity index (χ1) is 12.4. The number of fused-ring (bicyclic) bond motifs is 1. The molecule has 1 aliphatic rings. The number of thiocarbonyl (C=S) groups is 1. The van der Waals surface area contributed by atoms with Crippen LogP contribution in [0.3, 0.4) is 0 Å². The molecule has 2 N–H and O–H groups in total. The zero-order valence-corrected chi connectivity index (χ0v) is 15.6. The van der Waals surface area contributed by atoms with E-state index in [0.717, 1.165) is 27.6 Å². The molecule has 1 amide bonds. The van der Waals surface area contributed by atoms with Crippen LogP contribution in [-0.2, 0) is 4.79 Å². The van der Waals surface area contributed by atoms with Crippen molar-refractivity contribution in [2.45, 2.75) is 13.8 Å². The van der Waals surface area contributed by atoms with Crippen LogP contribution in [0.25, 0.3) is 28.2 Å². The van der Waals surface area contributed by atoms with Gasteiger partial charge in [0, 0.05) is 29.4 Å². The van der Waals surface area contributed by atoms with E-state index >= 15 is 0 Å². The Morgan fingerprint density at radius 1 is 1.23 bits per heavy atom. The van der Waals surface area contributed by atoms with Gasteiger partial charge in [-0.2, -0.15) is 0 Å². The molecule has 4 rings (SSSR count). The van der Waals surface area contributed by atoms with Crippen molar-refractivity contribution in [3.63, 3.8) is 0 Å². The van der Waals surface area contributed by atoms with E-state index in [1.54, 1.807) is 18.5 Å². The summed E-state index contributed by atoms with van der Waals surface area (Å²) >= 11 is 6.22. The lowest BCUT2D eigenvalue weighted by atomic mass is 10.00. The Kier molecular flexibility index (Phi) is 4.05. The normalized spacial score (nSPS) is 15.8. The van der Waals surface area contributed by atoms with Crippen molar-refractivity contribution < 1.29 is 14.3 Å². The van der Waals surface area contributed by atoms with Gasteiger partial charge in [0.25, 0.3) is 5.91 Å². The van der Waals surface area contributed by atoms with Crippen LogP contribution in [0.4, 0.5) is 0 Å². The minimum absolute atomic E-state index is 0.219. The third-order valence-corrected chi connectivity index (χ3v) is 5.32. The Morgan fingerprint density at radius 2 is 1.96 bits per heavy atom. The van der Waals surface area contributed by atoms with E-state index in [9.17, 15) is 9.90 Å². The Hall–Kier alpha value is -2.64. The number of hydrogen-bond acceptors (Lipinski definition) is 6. The maximum absolute atomic E-state index is 11.8. The van der Waals surface area contributed by atoms with Gasteiger partial charge < -0.3 is 14.8 Å². The summed E-state index contributed by atoms with van der Waals surface area (Å²) in [5.74, 6) is 0.631. The van der Waals surface area contributed by atoms with E-state index in [1.807, 2.05) is 32.0 Å². The molecule has 1 fully saturated rings. The number of carbonyl (C=O) groups is 1. The van der Waals surface area contributed by atoms with Crippen molar-refractivity contribution in [2.75, 3.05) is 0 Å². The summed E-state index contributed by atoms with van der Waals surface area (Å²) in [6.07, 6.45) is 5.13. The van der Waals surface area contributed by atoms with Crippen molar-refractivity contribution in [3.05, 3.63) is 52.4 Å². The molecule has 1 aliphatic heterocycles. The lowest BCUT2D eigenvalue weighted by Crippen LogP contribution is -2.17. The molecule has 0 aliphatic carbocycles. The van der Waals surface area contributed by atoms with Crippen molar-refractivity contribution in [1.29, 1.82) is 0 Å². The van der Waals surface area contributed by atoms with Crippen LogP contribution in [-0.4, -0.2) is 20.3 Å². The second-order valence-corrected chi connectivity index (χ2v) is 7.78. The van der Waals surface area contributed by atoms with Crippen LogP contribution in [0.2, 0.25) is 0 Å². The fourth-order valence-electron chi connectivity index (χ4n) is 2.92. The molecule has 130 valence electrons. The Morgan fingerprint density at radius 3 is 2.62 bits per heavy atom. The molecule has 0 spiro atoms. The largest absolute Gasteiger partial charge is 0.507 e. The van der Waals surface area contributed by atoms with Crippen LogP contribution >= 0.6 is 24.0 Å². The summed E-state index contributed by atoms with van der Waals surface area (Å²) in [4.78, 5) is 16.6. The smallest absolute Gasteiger partial charge is 0.263 e. The maximum atomic E-state index is 11.8. The monoisotopic (exact) mass is 382 g/mol. The standard InChI is InChI=1S/C19H14N2O3S2/c1-9-3-11(4-10(2)16(9)22)14-8-20-7-12-5-13(24-17(12)14)6-15-18(23)21-19(25)26-15/h3-8,22H,1-2H3,(H,21,23,25). The van der Waals surface area contributed by atoms with Crippen molar-refractivity contribution >= 4 is 51.3 Å². The van der Waals surface area contributed by atoms with Crippen LogP contribution in [0.5, 0.6) is 5.75 Å². The SMILES string of the molecule is Cc1cc(-c2cncc3cc(C=C4SC(=S)NC4=O)oc23)cc(C)c1O. The molecular weight excluding hydrogens is 368 g/mol. The summed E-state index contributed by atoms with van der Waals surface area (Å²) in [6.45, 7) is 3.71. The number of benzene rings is 1. The summed E-state index contributed by atoms with van der Waals surface area (Å²) in [7, 11) is 0. The first kappa shape index (κ1) is 16.8. The summed E-state index contributed by atoms with van der Waals surface area (Å²) in [5, 5.41) is 13.4. The van der Waals surface area contributed by atoms with Gasteiger partial charge in [-0.1, -0.05) is 24.0 Å². The van der Waals surface area contributed by atoms with E-state index in [1.165, 1.54) is 11.8 Å². The number of amides is 1. The van der Waals surface area contributed by atoms with Gasteiger partial charge in [0.15, 0.2) is 0 Å². The number of aryl methyl sites for hydroxylation is 2. The topological polar surface area (TPSA) is 75.4 Å². The number of phenolic OH excluding ortho intramolecular Hbond substituents is 1. The van der Waals surface area contributed by atoms with E-state index in [2.05, 4.69) is 10.3 Å². The quantitative estimate of drug-likeness (QED) is 0.508. The van der Waals surface area contributed by atoms with Gasteiger partial charge in [0.1, 0.15) is 21.4 Å². The van der Waals surface area contributed by atoms with E-state index < -0.39 is 0 Å². The molecule has 5 nitrogen and oxygen atoms in total. The van der Waals surface area contributed by atoms with Crippen LogP contribution < -0.4 is 5.32 Å². The Labute approximate surface area is 159 Å². The fraction of sp³-hybridized carbons (Fsp3) is 0.105. The molecule has 26 heavy (non-hydrogen) atoms. The van der Waals surface area contributed by atoms with Gasteiger partial charge in [0.2, 0.25) is 0 Å². The summed E-state index contributed by atoms with van der Waals surface area (Å²) in [5.41, 5.74) is 4.01. The number of carbonyl (C=O) groups excluding carboxylic acids is 1. The Balaban J connectivity index is 1.83. The molecule has 3 heterocycles. The summed E-state index contributed by atoms with van der Waals surface area (Å²) in [6, 6.07) is 5.64. The highest BCUT2D eigenvalue weighted by molar-refractivity contribution is 8.26. The number of aromatic nitrogens is 1. The third-order valence-electron chi connectivity index (χ3n) is 4.16. The zero-order valence-electron chi connectivity index (χ0n) is 14.0. The van der Waals surface area contributed by atoms with E-state index in [-0.39, 0.29) is 5.91 Å². The highest BCUT2D eigenvalue weighted by atomic mass is 32.2. The van der Waals surface area contributed by atoms with Crippen LogP contribution in [0, 0.1) is 13.8 Å². The van der Waals surface area contributed by atoms with Gasteiger partial charge in [-0.3, -0.25) is 9.78 Å². The molecule has 1 saturated heterocycles.